The molecule has 0 aliphatic carbocycles. The molecule has 2 N–H and O–H groups in total. The molecule has 112 valence electrons. The first-order chi connectivity index (χ1) is 10.1. The summed E-state index contributed by atoms with van der Waals surface area (Å²) in [6.07, 6.45) is 1.20. The summed E-state index contributed by atoms with van der Waals surface area (Å²) in [7, 11) is 0. The van der Waals surface area contributed by atoms with E-state index in [9.17, 15) is 5.11 Å². The Balaban J connectivity index is 2.26. The molecule has 0 saturated carbocycles. The molecule has 0 spiro atoms. The molecule has 2 aromatic rings. The molecule has 0 radical (unpaired) electrons. The van der Waals surface area contributed by atoms with Crippen LogP contribution in [-0.2, 0) is 6.42 Å². The van der Waals surface area contributed by atoms with Gasteiger partial charge < -0.3 is 10.4 Å². The number of benzene rings is 1. The molecule has 5 heteroatoms. The van der Waals surface area contributed by atoms with E-state index >= 15 is 0 Å². The summed E-state index contributed by atoms with van der Waals surface area (Å²) in [5, 5.41) is 12.8. The Morgan fingerprint density at radius 3 is 2.52 bits per heavy atom. The quantitative estimate of drug-likeness (QED) is 0.835. The number of hydrogen-bond donors (Lipinski definition) is 2. The average molecular weight is 350 g/mol. The van der Waals surface area contributed by atoms with Gasteiger partial charge in [0.1, 0.15) is 5.82 Å². The van der Waals surface area contributed by atoms with Crippen molar-refractivity contribution in [1.29, 1.82) is 0 Å². The average Bonchev–Trinajstić information content (AvgIpc) is 2.52. The molecule has 0 fully saturated rings. The van der Waals surface area contributed by atoms with E-state index < -0.39 is 0 Å². The van der Waals surface area contributed by atoms with Crippen LogP contribution in [0.3, 0.4) is 0 Å². The molecular formula is C16H20BrN3O. The third kappa shape index (κ3) is 4.51. The van der Waals surface area contributed by atoms with Crippen molar-refractivity contribution < 1.29 is 5.11 Å². The van der Waals surface area contributed by atoms with Crippen molar-refractivity contribution in [2.24, 2.45) is 0 Å². The lowest BCUT2D eigenvalue weighted by Crippen LogP contribution is -2.19. The van der Waals surface area contributed by atoms with E-state index in [1.54, 1.807) is 0 Å². The van der Waals surface area contributed by atoms with Crippen LogP contribution in [-0.4, -0.2) is 27.7 Å². The maximum atomic E-state index is 9.65. The van der Waals surface area contributed by atoms with Gasteiger partial charge in [-0.05, 0) is 25.0 Å². The van der Waals surface area contributed by atoms with Crippen LogP contribution >= 0.6 is 15.9 Å². The van der Waals surface area contributed by atoms with Gasteiger partial charge in [0.15, 0.2) is 5.82 Å². The molecule has 0 aliphatic rings. The van der Waals surface area contributed by atoms with Gasteiger partial charge in [0, 0.05) is 28.3 Å². The van der Waals surface area contributed by atoms with Crippen molar-refractivity contribution in [1.82, 2.24) is 9.97 Å². The van der Waals surface area contributed by atoms with Crippen LogP contribution in [0.2, 0.25) is 0 Å². The van der Waals surface area contributed by atoms with Crippen molar-refractivity contribution in [3.63, 3.8) is 0 Å². The van der Waals surface area contributed by atoms with E-state index in [0.29, 0.717) is 12.4 Å². The molecule has 1 aromatic heterocycles. The number of nitrogens with zero attached hydrogens (tertiary/aromatic N) is 2. The fourth-order valence-electron chi connectivity index (χ4n) is 1.86. The molecule has 4 nitrogen and oxygen atoms in total. The summed E-state index contributed by atoms with van der Waals surface area (Å²) in [6, 6.07) is 9.87. The molecule has 1 heterocycles. The predicted octanol–water partition coefficient (Wildman–Crippen LogP) is 3.65. The first-order valence-electron chi connectivity index (χ1n) is 7.18. The van der Waals surface area contributed by atoms with E-state index in [-0.39, 0.29) is 6.10 Å². The Hall–Kier alpha value is -1.46. The van der Waals surface area contributed by atoms with Crippen LogP contribution in [0.25, 0.3) is 11.4 Å². The lowest BCUT2D eigenvalue weighted by atomic mass is 10.2. The SMILES string of the molecule is CCc1cc(NCC(O)CC)nc(-c2ccc(Br)cc2)n1. The van der Waals surface area contributed by atoms with Crippen LogP contribution in [0.15, 0.2) is 34.8 Å². The Morgan fingerprint density at radius 2 is 1.90 bits per heavy atom. The molecule has 0 amide bonds. The van der Waals surface area contributed by atoms with E-state index in [4.69, 9.17) is 0 Å². The van der Waals surface area contributed by atoms with E-state index in [1.165, 1.54) is 0 Å². The highest BCUT2D eigenvalue weighted by Crippen LogP contribution is 2.21. The number of aliphatic hydroxyl groups excluding tert-OH is 1. The lowest BCUT2D eigenvalue weighted by molar-refractivity contribution is 0.183. The van der Waals surface area contributed by atoms with Crippen molar-refractivity contribution in [2.45, 2.75) is 32.8 Å². The number of hydrogen-bond acceptors (Lipinski definition) is 4. The van der Waals surface area contributed by atoms with E-state index in [1.807, 2.05) is 37.3 Å². The maximum absolute atomic E-state index is 9.65. The van der Waals surface area contributed by atoms with Crippen molar-refractivity contribution in [2.75, 3.05) is 11.9 Å². The topological polar surface area (TPSA) is 58.0 Å². The van der Waals surface area contributed by atoms with E-state index in [0.717, 1.165) is 34.4 Å². The smallest absolute Gasteiger partial charge is 0.161 e. The molecule has 2 rings (SSSR count). The molecule has 0 saturated heterocycles. The number of nitrogens with one attached hydrogen (secondary N) is 1. The third-order valence-corrected chi connectivity index (χ3v) is 3.76. The number of halogens is 1. The molecule has 1 aromatic carbocycles. The van der Waals surface area contributed by atoms with Gasteiger partial charge in [0.05, 0.1) is 6.10 Å². The second-order valence-electron chi connectivity index (χ2n) is 4.87. The Labute approximate surface area is 133 Å². The van der Waals surface area contributed by atoms with Gasteiger partial charge in [-0.1, -0.05) is 41.9 Å². The Kier molecular flexibility index (Phi) is 5.70. The number of aryl methyl sites for hydroxylation is 1. The van der Waals surface area contributed by atoms with Crippen molar-refractivity contribution in [3.8, 4) is 11.4 Å². The van der Waals surface area contributed by atoms with Gasteiger partial charge in [-0.2, -0.15) is 0 Å². The minimum absolute atomic E-state index is 0.360. The minimum Gasteiger partial charge on any atom is -0.391 e. The summed E-state index contributed by atoms with van der Waals surface area (Å²) in [5.74, 6) is 1.46. The maximum Gasteiger partial charge on any atom is 0.161 e. The Bertz CT molecular complexity index is 587. The van der Waals surface area contributed by atoms with Crippen LogP contribution in [0, 0.1) is 0 Å². The highest BCUT2D eigenvalue weighted by molar-refractivity contribution is 9.10. The van der Waals surface area contributed by atoms with Crippen LogP contribution < -0.4 is 5.32 Å². The summed E-state index contributed by atoms with van der Waals surface area (Å²) < 4.78 is 1.03. The normalized spacial score (nSPS) is 12.2. The molecule has 21 heavy (non-hydrogen) atoms. The monoisotopic (exact) mass is 349 g/mol. The van der Waals surface area contributed by atoms with Crippen LogP contribution in [0.4, 0.5) is 5.82 Å². The van der Waals surface area contributed by atoms with Crippen LogP contribution in [0.1, 0.15) is 26.0 Å². The second-order valence-corrected chi connectivity index (χ2v) is 5.79. The number of anilines is 1. The molecule has 1 atom stereocenters. The molecule has 0 bridgehead atoms. The highest BCUT2D eigenvalue weighted by Gasteiger charge is 2.07. The largest absolute Gasteiger partial charge is 0.391 e. The van der Waals surface area contributed by atoms with Gasteiger partial charge >= 0.3 is 0 Å². The molecule has 0 aliphatic heterocycles. The van der Waals surface area contributed by atoms with Gasteiger partial charge in [-0.3, -0.25) is 0 Å². The fourth-order valence-corrected chi connectivity index (χ4v) is 2.13. The highest BCUT2D eigenvalue weighted by atomic mass is 79.9. The standard InChI is InChI=1S/C16H20BrN3O/c1-3-13-9-15(18-10-14(21)4-2)20-16(19-13)11-5-7-12(17)8-6-11/h5-9,14,21H,3-4,10H2,1-2H3,(H,18,19,20). The van der Waals surface area contributed by atoms with Crippen molar-refractivity contribution >= 4 is 21.7 Å². The minimum atomic E-state index is -0.360. The molecular weight excluding hydrogens is 330 g/mol. The zero-order chi connectivity index (χ0) is 15.2. The van der Waals surface area contributed by atoms with E-state index in [2.05, 4.69) is 38.1 Å². The number of aromatic nitrogens is 2. The summed E-state index contributed by atoms with van der Waals surface area (Å²) in [4.78, 5) is 9.11. The van der Waals surface area contributed by atoms with Crippen LogP contribution in [0.5, 0.6) is 0 Å². The van der Waals surface area contributed by atoms with Gasteiger partial charge in [-0.15, -0.1) is 0 Å². The van der Waals surface area contributed by atoms with Gasteiger partial charge in [0.2, 0.25) is 0 Å². The molecule has 1 unspecified atom stereocenters. The zero-order valence-electron chi connectivity index (χ0n) is 12.3. The number of aliphatic hydroxyl groups is 1. The summed E-state index contributed by atoms with van der Waals surface area (Å²) >= 11 is 3.43. The number of rotatable bonds is 6. The first kappa shape index (κ1) is 15.9. The van der Waals surface area contributed by atoms with Crippen molar-refractivity contribution in [3.05, 3.63) is 40.5 Å². The summed E-state index contributed by atoms with van der Waals surface area (Å²) in [5.41, 5.74) is 1.96. The van der Waals surface area contributed by atoms with Gasteiger partial charge in [0.25, 0.3) is 0 Å². The Morgan fingerprint density at radius 1 is 1.19 bits per heavy atom. The third-order valence-electron chi connectivity index (χ3n) is 3.23. The lowest BCUT2D eigenvalue weighted by Gasteiger charge is -2.12. The summed E-state index contributed by atoms with van der Waals surface area (Å²) in [6.45, 7) is 4.52. The predicted molar refractivity (Wildman–Crippen MR) is 89.3 cm³/mol. The second kappa shape index (κ2) is 7.52. The van der Waals surface area contributed by atoms with Gasteiger partial charge in [-0.25, -0.2) is 9.97 Å². The first-order valence-corrected chi connectivity index (χ1v) is 7.97. The zero-order valence-corrected chi connectivity index (χ0v) is 13.9. The fraction of sp³-hybridized carbons (Fsp3) is 0.375.